The number of benzene rings is 1. The number of anilines is 1. The van der Waals surface area contributed by atoms with Crippen LogP contribution in [0, 0.1) is 27.4 Å². The SMILES string of the molecule is CC(CN(C)c1cc(C#N)c2cc([N+](=O)[O-])ccc2n1)C(=O)O. The number of nitro groups is 1. The lowest BCUT2D eigenvalue weighted by molar-refractivity contribution is -0.384. The van der Waals surface area contributed by atoms with E-state index in [-0.39, 0.29) is 17.8 Å². The van der Waals surface area contributed by atoms with Crippen LogP contribution in [-0.4, -0.2) is 34.6 Å². The number of rotatable bonds is 5. The summed E-state index contributed by atoms with van der Waals surface area (Å²) in [5, 5.41) is 29.5. The molecule has 0 saturated carbocycles. The number of pyridine rings is 1. The molecule has 0 fully saturated rings. The number of nitro benzene ring substituents is 1. The summed E-state index contributed by atoms with van der Waals surface area (Å²) < 4.78 is 0. The van der Waals surface area contributed by atoms with Gasteiger partial charge >= 0.3 is 5.97 Å². The fraction of sp³-hybridized carbons (Fsp3) is 0.267. The number of nitriles is 1. The van der Waals surface area contributed by atoms with Gasteiger partial charge in [-0.05, 0) is 12.1 Å². The highest BCUT2D eigenvalue weighted by Gasteiger charge is 2.17. The van der Waals surface area contributed by atoms with Gasteiger partial charge in [-0.15, -0.1) is 0 Å². The third kappa shape index (κ3) is 3.35. The number of carboxylic acid groups (broad SMARTS) is 1. The quantitative estimate of drug-likeness (QED) is 0.663. The van der Waals surface area contributed by atoms with E-state index in [4.69, 9.17) is 5.11 Å². The standard InChI is InChI=1S/C15H14N4O4/c1-9(15(20)21)8-18(2)14-5-10(7-16)12-6-11(19(22)23)3-4-13(12)17-14/h3-6,9H,8H2,1-2H3,(H,20,21). The van der Waals surface area contributed by atoms with Crippen LogP contribution in [0.5, 0.6) is 0 Å². The largest absolute Gasteiger partial charge is 0.481 e. The molecule has 0 bridgehead atoms. The summed E-state index contributed by atoms with van der Waals surface area (Å²) in [5.74, 6) is -1.08. The maximum atomic E-state index is 10.9. The Morgan fingerprint density at radius 1 is 1.52 bits per heavy atom. The molecule has 1 N–H and O–H groups in total. The summed E-state index contributed by atoms with van der Waals surface area (Å²) in [5.41, 5.74) is 0.583. The van der Waals surface area contributed by atoms with Gasteiger partial charge < -0.3 is 10.0 Å². The minimum absolute atomic E-state index is 0.114. The number of nitrogens with zero attached hydrogens (tertiary/aromatic N) is 4. The minimum Gasteiger partial charge on any atom is -0.481 e. The third-order valence-electron chi connectivity index (χ3n) is 3.47. The Balaban J connectivity index is 2.48. The molecule has 0 spiro atoms. The van der Waals surface area contributed by atoms with Crippen molar-refractivity contribution in [3.05, 3.63) is 39.9 Å². The van der Waals surface area contributed by atoms with Crippen molar-refractivity contribution in [1.82, 2.24) is 4.98 Å². The first-order valence-electron chi connectivity index (χ1n) is 6.76. The summed E-state index contributed by atoms with van der Waals surface area (Å²) in [6.07, 6.45) is 0. The van der Waals surface area contributed by atoms with Gasteiger partial charge in [-0.1, -0.05) is 6.92 Å². The van der Waals surface area contributed by atoms with Gasteiger partial charge in [-0.3, -0.25) is 14.9 Å². The fourth-order valence-corrected chi connectivity index (χ4v) is 2.18. The Kier molecular flexibility index (Phi) is 4.41. The predicted molar refractivity (Wildman–Crippen MR) is 83.2 cm³/mol. The van der Waals surface area contributed by atoms with E-state index in [1.807, 2.05) is 6.07 Å². The second-order valence-electron chi connectivity index (χ2n) is 5.22. The third-order valence-corrected chi connectivity index (χ3v) is 3.47. The lowest BCUT2D eigenvalue weighted by Crippen LogP contribution is -2.29. The first-order chi connectivity index (χ1) is 10.8. The zero-order chi connectivity index (χ0) is 17.1. The van der Waals surface area contributed by atoms with Gasteiger partial charge in [0, 0.05) is 31.1 Å². The van der Waals surface area contributed by atoms with Crippen LogP contribution < -0.4 is 4.90 Å². The summed E-state index contributed by atoms with van der Waals surface area (Å²) in [7, 11) is 1.68. The molecule has 8 nitrogen and oxygen atoms in total. The number of carboxylic acids is 1. The van der Waals surface area contributed by atoms with Crippen molar-refractivity contribution in [1.29, 1.82) is 5.26 Å². The van der Waals surface area contributed by atoms with Gasteiger partial charge in [0.15, 0.2) is 0 Å². The van der Waals surface area contributed by atoms with Crippen LogP contribution in [-0.2, 0) is 4.79 Å². The van der Waals surface area contributed by atoms with E-state index in [9.17, 15) is 20.2 Å². The van der Waals surface area contributed by atoms with Crippen LogP contribution in [0.2, 0.25) is 0 Å². The number of aromatic nitrogens is 1. The van der Waals surface area contributed by atoms with E-state index in [0.717, 1.165) is 0 Å². The second kappa shape index (κ2) is 6.27. The number of aliphatic carboxylic acids is 1. The number of hydrogen-bond donors (Lipinski definition) is 1. The molecule has 8 heteroatoms. The number of non-ortho nitro benzene ring substituents is 1. The van der Waals surface area contributed by atoms with Gasteiger partial charge in [-0.2, -0.15) is 5.26 Å². The average Bonchev–Trinajstić information content (AvgIpc) is 2.52. The molecule has 1 unspecified atom stereocenters. The summed E-state index contributed by atoms with van der Waals surface area (Å²) >= 11 is 0. The lowest BCUT2D eigenvalue weighted by Gasteiger charge is -2.21. The van der Waals surface area contributed by atoms with E-state index in [2.05, 4.69) is 4.98 Å². The van der Waals surface area contributed by atoms with E-state index in [0.29, 0.717) is 16.7 Å². The maximum Gasteiger partial charge on any atom is 0.308 e. The zero-order valence-corrected chi connectivity index (χ0v) is 12.6. The molecule has 1 aromatic heterocycles. The van der Waals surface area contributed by atoms with Crippen molar-refractivity contribution in [3.8, 4) is 6.07 Å². The van der Waals surface area contributed by atoms with Crippen molar-refractivity contribution in [3.63, 3.8) is 0 Å². The highest BCUT2D eigenvalue weighted by atomic mass is 16.6. The molecule has 0 amide bonds. The van der Waals surface area contributed by atoms with Crippen LogP contribution in [0.15, 0.2) is 24.3 Å². The van der Waals surface area contributed by atoms with E-state index in [1.165, 1.54) is 24.3 Å². The van der Waals surface area contributed by atoms with Gasteiger partial charge in [-0.25, -0.2) is 4.98 Å². The topological polar surface area (TPSA) is 120 Å². The van der Waals surface area contributed by atoms with Crippen molar-refractivity contribution < 1.29 is 14.8 Å². The first kappa shape index (κ1) is 16.2. The predicted octanol–water partition coefficient (Wildman–Crippen LogP) is 2.17. The van der Waals surface area contributed by atoms with Gasteiger partial charge in [0.05, 0.1) is 28.0 Å². The summed E-state index contributed by atoms with van der Waals surface area (Å²) in [6.45, 7) is 1.81. The van der Waals surface area contributed by atoms with Crippen LogP contribution in [0.4, 0.5) is 11.5 Å². The van der Waals surface area contributed by atoms with Crippen molar-refractivity contribution in [2.24, 2.45) is 5.92 Å². The minimum atomic E-state index is -0.922. The van der Waals surface area contributed by atoms with E-state index < -0.39 is 16.8 Å². The van der Waals surface area contributed by atoms with Crippen LogP contribution in [0.1, 0.15) is 12.5 Å². The Morgan fingerprint density at radius 2 is 2.22 bits per heavy atom. The van der Waals surface area contributed by atoms with Crippen LogP contribution in [0.3, 0.4) is 0 Å². The molecule has 1 aromatic carbocycles. The molecule has 0 aliphatic heterocycles. The number of hydrogen-bond acceptors (Lipinski definition) is 6. The molecule has 2 rings (SSSR count). The highest BCUT2D eigenvalue weighted by Crippen LogP contribution is 2.26. The molecule has 118 valence electrons. The number of carbonyl (C=O) groups is 1. The van der Waals surface area contributed by atoms with E-state index in [1.54, 1.807) is 18.9 Å². The molecule has 0 aliphatic rings. The van der Waals surface area contributed by atoms with E-state index >= 15 is 0 Å². The normalized spacial score (nSPS) is 11.7. The van der Waals surface area contributed by atoms with Crippen molar-refractivity contribution in [2.75, 3.05) is 18.5 Å². The Hall–Kier alpha value is -3.21. The van der Waals surface area contributed by atoms with Crippen molar-refractivity contribution in [2.45, 2.75) is 6.92 Å². The molecule has 23 heavy (non-hydrogen) atoms. The molecule has 2 aromatic rings. The summed E-state index contributed by atoms with van der Waals surface area (Å²) in [4.78, 5) is 27.2. The second-order valence-corrected chi connectivity index (χ2v) is 5.22. The van der Waals surface area contributed by atoms with Gasteiger partial charge in [0.25, 0.3) is 5.69 Å². The van der Waals surface area contributed by atoms with Crippen LogP contribution >= 0.6 is 0 Å². The monoisotopic (exact) mass is 314 g/mol. The molecule has 1 atom stereocenters. The zero-order valence-electron chi connectivity index (χ0n) is 12.6. The highest BCUT2D eigenvalue weighted by molar-refractivity contribution is 5.88. The average molecular weight is 314 g/mol. The molecule has 0 radical (unpaired) electrons. The first-order valence-corrected chi connectivity index (χ1v) is 6.76. The maximum absolute atomic E-state index is 10.9. The summed E-state index contributed by atoms with van der Waals surface area (Å²) in [6, 6.07) is 7.61. The fourth-order valence-electron chi connectivity index (χ4n) is 2.18. The van der Waals surface area contributed by atoms with Crippen molar-refractivity contribution >= 4 is 28.4 Å². The van der Waals surface area contributed by atoms with Gasteiger partial charge in [0.2, 0.25) is 0 Å². The lowest BCUT2D eigenvalue weighted by atomic mass is 10.1. The smallest absolute Gasteiger partial charge is 0.308 e. The molecular formula is C15H14N4O4. The Bertz CT molecular complexity index is 828. The molecule has 0 aliphatic carbocycles. The molecule has 1 heterocycles. The molecule has 0 saturated heterocycles. The van der Waals surface area contributed by atoms with Gasteiger partial charge in [0.1, 0.15) is 5.82 Å². The molecular weight excluding hydrogens is 300 g/mol. The Morgan fingerprint density at radius 3 is 2.78 bits per heavy atom. The Labute approximate surface area is 131 Å². The number of fused-ring (bicyclic) bond motifs is 1. The van der Waals surface area contributed by atoms with Crippen LogP contribution in [0.25, 0.3) is 10.9 Å².